The Balaban J connectivity index is 1.69. The van der Waals surface area contributed by atoms with Crippen LogP contribution in [0.5, 0.6) is 5.75 Å². The number of rotatable bonds is 8. The number of pyridine rings is 1. The number of anilines is 4. The summed E-state index contributed by atoms with van der Waals surface area (Å²) in [5, 5.41) is 10.6. The Morgan fingerprint density at radius 3 is 2.61 bits per heavy atom. The molecule has 0 atom stereocenters. The number of ether oxygens (including phenoxy) is 1. The summed E-state index contributed by atoms with van der Waals surface area (Å²) in [5.41, 5.74) is 8.56. The topological polar surface area (TPSA) is 133 Å². The second kappa shape index (κ2) is 9.35. The Kier molecular flexibility index (Phi) is 6.16. The van der Waals surface area contributed by atoms with Gasteiger partial charge in [0, 0.05) is 30.2 Å². The number of primary amides is 1. The molecule has 0 saturated carbocycles. The Labute approximate surface area is 190 Å². The third-order valence-corrected chi connectivity index (χ3v) is 4.85. The number of nitrogens with two attached hydrogens (primary N) is 1. The van der Waals surface area contributed by atoms with Gasteiger partial charge in [-0.25, -0.2) is 4.98 Å². The summed E-state index contributed by atoms with van der Waals surface area (Å²) >= 11 is 0. The van der Waals surface area contributed by atoms with Gasteiger partial charge in [-0.15, -0.1) is 0 Å². The third-order valence-electron chi connectivity index (χ3n) is 4.85. The van der Waals surface area contributed by atoms with Crippen LogP contribution in [0.25, 0.3) is 11.3 Å². The minimum Gasteiger partial charge on any atom is -0.494 e. The number of carbonyl (C=O) groups is 1. The fourth-order valence-electron chi connectivity index (χ4n) is 3.24. The van der Waals surface area contributed by atoms with Crippen molar-refractivity contribution < 1.29 is 9.53 Å². The van der Waals surface area contributed by atoms with E-state index >= 15 is 0 Å². The second-order valence-electron chi connectivity index (χ2n) is 7.47. The van der Waals surface area contributed by atoms with Crippen LogP contribution in [0.4, 0.5) is 23.1 Å². The van der Waals surface area contributed by atoms with Crippen molar-refractivity contribution in [2.45, 2.75) is 19.9 Å². The Morgan fingerprint density at radius 2 is 1.94 bits per heavy atom. The van der Waals surface area contributed by atoms with Crippen LogP contribution in [0.1, 0.15) is 30.2 Å². The van der Waals surface area contributed by atoms with Gasteiger partial charge in [-0.2, -0.15) is 10.1 Å². The molecular formula is C23H24N8O2. The van der Waals surface area contributed by atoms with Crippen LogP contribution < -0.4 is 21.1 Å². The standard InChI is InChI=1S/C23H24N8O2/c1-14(2)31-13-15(11-27-31)28-23-26-12-17(21(24)32)22(30-23)29-19-9-6-7-16(20(19)33-3)18-8-4-5-10-25-18/h4-14H,1-3H3,(H2,24,32)(H2,26,28,29,30). The zero-order chi connectivity index (χ0) is 23.4. The van der Waals surface area contributed by atoms with Crippen molar-refractivity contribution in [1.82, 2.24) is 24.7 Å². The number of benzene rings is 1. The lowest BCUT2D eigenvalue weighted by Crippen LogP contribution is -2.16. The Morgan fingerprint density at radius 1 is 1.09 bits per heavy atom. The molecule has 0 aliphatic carbocycles. The van der Waals surface area contributed by atoms with Crippen molar-refractivity contribution in [1.29, 1.82) is 0 Å². The maximum Gasteiger partial charge on any atom is 0.254 e. The van der Waals surface area contributed by atoms with Crippen molar-refractivity contribution in [2.75, 3.05) is 17.7 Å². The van der Waals surface area contributed by atoms with Crippen LogP contribution in [-0.4, -0.2) is 37.7 Å². The number of methoxy groups -OCH3 is 1. The van der Waals surface area contributed by atoms with E-state index in [-0.39, 0.29) is 23.4 Å². The fraction of sp³-hybridized carbons (Fsp3) is 0.174. The summed E-state index contributed by atoms with van der Waals surface area (Å²) in [6.07, 6.45) is 6.62. The number of hydrogen-bond donors (Lipinski definition) is 3. The molecule has 0 aliphatic heterocycles. The van der Waals surface area contributed by atoms with Crippen molar-refractivity contribution in [3.63, 3.8) is 0 Å². The molecule has 168 valence electrons. The summed E-state index contributed by atoms with van der Waals surface area (Å²) in [6.45, 7) is 4.06. The molecule has 1 aromatic carbocycles. The zero-order valence-electron chi connectivity index (χ0n) is 18.5. The predicted molar refractivity (Wildman–Crippen MR) is 126 cm³/mol. The number of carbonyl (C=O) groups excluding carboxylic acids is 1. The molecule has 0 unspecified atom stereocenters. The van der Waals surface area contributed by atoms with Crippen LogP contribution in [-0.2, 0) is 0 Å². The fourth-order valence-corrected chi connectivity index (χ4v) is 3.24. The molecule has 1 amide bonds. The van der Waals surface area contributed by atoms with Gasteiger partial charge in [0.1, 0.15) is 11.4 Å². The molecule has 4 aromatic rings. The van der Waals surface area contributed by atoms with E-state index in [1.54, 1.807) is 19.5 Å². The molecule has 4 N–H and O–H groups in total. The van der Waals surface area contributed by atoms with E-state index in [9.17, 15) is 4.79 Å². The number of hydrogen-bond acceptors (Lipinski definition) is 8. The molecule has 3 heterocycles. The first-order chi connectivity index (χ1) is 16.0. The van der Waals surface area contributed by atoms with Gasteiger partial charge in [0.15, 0.2) is 5.75 Å². The van der Waals surface area contributed by atoms with Gasteiger partial charge < -0.3 is 21.1 Å². The molecule has 3 aromatic heterocycles. The molecule has 10 heteroatoms. The van der Waals surface area contributed by atoms with E-state index in [4.69, 9.17) is 10.5 Å². The van der Waals surface area contributed by atoms with E-state index in [1.807, 2.05) is 61.1 Å². The number of para-hydroxylation sites is 1. The quantitative estimate of drug-likeness (QED) is 0.372. The van der Waals surface area contributed by atoms with Crippen LogP contribution in [0.2, 0.25) is 0 Å². The highest BCUT2D eigenvalue weighted by molar-refractivity contribution is 5.98. The molecule has 0 bridgehead atoms. The smallest absolute Gasteiger partial charge is 0.254 e. The number of amides is 1. The van der Waals surface area contributed by atoms with Gasteiger partial charge in [0.2, 0.25) is 5.95 Å². The van der Waals surface area contributed by atoms with Crippen LogP contribution in [0.3, 0.4) is 0 Å². The van der Waals surface area contributed by atoms with Crippen LogP contribution in [0, 0.1) is 0 Å². The van der Waals surface area contributed by atoms with Gasteiger partial charge in [-0.1, -0.05) is 12.1 Å². The first kappa shape index (κ1) is 21.8. The number of aromatic nitrogens is 5. The van der Waals surface area contributed by atoms with Gasteiger partial charge in [-0.3, -0.25) is 14.5 Å². The summed E-state index contributed by atoms with van der Waals surface area (Å²) in [7, 11) is 1.57. The summed E-state index contributed by atoms with van der Waals surface area (Å²) in [4.78, 5) is 25.1. The average Bonchev–Trinajstić information content (AvgIpc) is 3.28. The first-order valence-corrected chi connectivity index (χ1v) is 10.3. The maximum absolute atomic E-state index is 12.0. The van der Waals surface area contributed by atoms with Crippen molar-refractivity contribution in [3.05, 3.63) is 66.7 Å². The minimum atomic E-state index is -0.656. The van der Waals surface area contributed by atoms with Gasteiger partial charge >= 0.3 is 0 Å². The lowest BCUT2D eigenvalue weighted by Gasteiger charge is -2.16. The van der Waals surface area contributed by atoms with Crippen molar-refractivity contribution in [2.24, 2.45) is 5.73 Å². The molecule has 0 aliphatic rings. The largest absolute Gasteiger partial charge is 0.494 e. The predicted octanol–water partition coefficient (Wildman–Crippen LogP) is 3.91. The Bertz CT molecular complexity index is 1270. The molecule has 0 radical (unpaired) electrons. The minimum absolute atomic E-state index is 0.142. The monoisotopic (exact) mass is 444 g/mol. The van der Waals surface area contributed by atoms with E-state index in [2.05, 4.69) is 30.7 Å². The molecule has 10 nitrogen and oxygen atoms in total. The van der Waals surface area contributed by atoms with E-state index in [0.29, 0.717) is 11.4 Å². The normalized spacial score (nSPS) is 10.8. The first-order valence-electron chi connectivity index (χ1n) is 10.3. The van der Waals surface area contributed by atoms with Gasteiger partial charge in [-0.05, 0) is 38.1 Å². The average molecular weight is 444 g/mol. The second-order valence-corrected chi connectivity index (χ2v) is 7.47. The van der Waals surface area contributed by atoms with Gasteiger partial charge in [0.25, 0.3) is 5.91 Å². The molecule has 33 heavy (non-hydrogen) atoms. The van der Waals surface area contributed by atoms with Crippen LogP contribution >= 0.6 is 0 Å². The number of nitrogens with zero attached hydrogens (tertiary/aromatic N) is 5. The third kappa shape index (κ3) is 4.74. The molecule has 0 fully saturated rings. The highest BCUT2D eigenvalue weighted by Crippen LogP contribution is 2.37. The van der Waals surface area contributed by atoms with Crippen molar-refractivity contribution >= 4 is 29.0 Å². The molecule has 0 spiro atoms. The van der Waals surface area contributed by atoms with E-state index in [0.717, 1.165) is 16.9 Å². The number of nitrogens with one attached hydrogen (secondary N) is 2. The lowest BCUT2D eigenvalue weighted by atomic mass is 10.1. The molecule has 4 rings (SSSR count). The maximum atomic E-state index is 12.0. The van der Waals surface area contributed by atoms with E-state index in [1.165, 1.54) is 6.20 Å². The van der Waals surface area contributed by atoms with Crippen molar-refractivity contribution in [3.8, 4) is 17.0 Å². The summed E-state index contributed by atoms with van der Waals surface area (Å²) < 4.78 is 7.48. The zero-order valence-corrected chi connectivity index (χ0v) is 18.5. The SMILES string of the molecule is COc1c(Nc2nc(Nc3cnn(C(C)C)c3)ncc2C(N)=O)cccc1-c1ccccn1. The summed E-state index contributed by atoms with van der Waals surface area (Å²) in [6, 6.07) is 11.4. The summed E-state index contributed by atoms with van der Waals surface area (Å²) in [5.74, 6) is 0.424. The Hall–Kier alpha value is -4.47. The highest BCUT2D eigenvalue weighted by Gasteiger charge is 2.17. The van der Waals surface area contributed by atoms with E-state index < -0.39 is 5.91 Å². The molecular weight excluding hydrogens is 420 g/mol. The molecule has 0 saturated heterocycles. The lowest BCUT2D eigenvalue weighted by molar-refractivity contribution is 0.100. The highest BCUT2D eigenvalue weighted by atomic mass is 16.5. The van der Waals surface area contributed by atoms with Crippen LogP contribution in [0.15, 0.2) is 61.2 Å². The van der Waals surface area contributed by atoms with Gasteiger partial charge in [0.05, 0.1) is 30.4 Å².